The molecule has 3 saturated heterocycles. The molecule has 0 aliphatic carbocycles. The Hall–Kier alpha value is -10.3. The van der Waals surface area contributed by atoms with Crippen molar-refractivity contribution in [3.63, 3.8) is 0 Å². The Balaban J connectivity index is 0.000000152. The first-order valence-electron chi connectivity index (χ1n) is 31.4. The number of ether oxygens (including phenoxy) is 4. The number of piperazine rings is 2. The Kier molecular flexibility index (Phi) is 18.2. The Morgan fingerprint density at radius 3 is 1.29 bits per heavy atom. The van der Waals surface area contributed by atoms with Crippen molar-refractivity contribution >= 4 is 94.6 Å². The maximum absolute atomic E-state index is 11.9. The van der Waals surface area contributed by atoms with Crippen LogP contribution in [-0.2, 0) is 23.9 Å². The molecule has 3 N–H and O–H groups in total. The van der Waals surface area contributed by atoms with E-state index in [1.165, 1.54) is 48.8 Å². The molecule has 0 saturated carbocycles. The number of amides is 1. The molecule has 0 atom stereocenters. The summed E-state index contributed by atoms with van der Waals surface area (Å²) in [4.78, 5) is 65.0. The lowest BCUT2D eigenvalue weighted by molar-refractivity contribution is -0.156. The molecule has 15 rings (SSSR count). The molecule has 6 aromatic heterocycles. The van der Waals surface area contributed by atoms with Crippen LogP contribution in [0.2, 0.25) is 0 Å². The van der Waals surface area contributed by atoms with Gasteiger partial charge in [-0.2, -0.15) is 0 Å². The van der Waals surface area contributed by atoms with Crippen molar-refractivity contribution in [1.82, 2.24) is 50.4 Å². The number of hydrogen-bond acceptors (Lipinski definition) is 18. The third kappa shape index (κ3) is 12.6. The lowest BCUT2D eigenvalue weighted by Gasteiger charge is -2.36. The number of esters is 2. The van der Waals surface area contributed by atoms with Crippen LogP contribution in [0.25, 0.3) is 110 Å². The molecule has 93 heavy (non-hydrogen) atoms. The summed E-state index contributed by atoms with van der Waals surface area (Å²) in [5.74, 6) is 3.40. The minimum Gasteiger partial charge on any atom is -0.496 e. The van der Waals surface area contributed by atoms with Crippen LogP contribution in [0.4, 0.5) is 11.4 Å². The smallest absolute Gasteiger partial charge is 0.310 e. The highest BCUT2D eigenvalue weighted by atomic mass is 16.6. The third-order valence-corrected chi connectivity index (χ3v) is 17.3. The highest BCUT2D eigenvalue weighted by molar-refractivity contribution is 6.18. The van der Waals surface area contributed by atoms with Crippen LogP contribution in [0.3, 0.4) is 0 Å². The van der Waals surface area contributed by atoms with Crippen LogP contribution in [0.15, 0.2) is 106 Å². The van der Waals surface area contributed by atoms with E-state index in [-0.39, 0.29) is 5.91 Å². The number of nitrogens with zero attached hydrogens (tertiary/aromatic N) is 9. The van der Waals surface area contributed by atoms with Gasteiger partial charge in [-0.1, -0.05) is 71.0 Å². The molecule has 3 aliphatic heterocycles. The fraction of sp³-hybridized carbons (Fsp3) is 0.319. The van der Waals surface area contributed by atoms with Gasteiger partial charge >= 0.3 is 11.9 Å². The standard InChI is InChI=1S/C33H32N6O3.C31H30N6O2.C4H6O3.C4H8O/c1-18-30(19(2)42-37-18)26-16-27-25(17-29(26)41-5)31-32(34-20(3)35-33(31)36-27)24-10-11-28(23-9-7-6-8-22(23)24)39-14-12-38(13-15-39)21(4)40;1-17-28(18(2)39-36-17)24-15-25-23(16-27(24)38-4)29-30(33-19(3)34-31(29)35-25)22-9-10-26(37-13-11-32-12-14-37)21-8-6-5-7-20(21)22;1-3(5)7-4(2)6;1-2-4-5-3-1/h6-11,16-17H,12-15H2,1-5H3,(H,34,35,36);5-10,15-16,32H,11-14H2,1-4H3,(H,33,34,35);1-2H3;1-4H2. The molecule has 3 fully saturated rings. The molecule has 3 aliphatic rings. The van der Waals surface area contributed by atoms with Gasteiger partial charge in [0, 0.05) is 153 Å². The number of H-pyrrole nitrogens is 2. The number of benzene rings is 6. The number of aryl methyl sites for hydroxylation is 6. The summed E-state index contributed by atoms with van der Waals surface area (Å²) in [5.41, 5.74) is 15.2. The molecule has 0 unspecified atom stereocenters. The Morgan fingerprint density at radius 1 is 0.495 bits per heavy atom. The lowest BCUT2D eigenvalue weighted by Crippen LogP contribution is -2.48. The summed E-state index contributed by atoms with van der Waals surface area (Å²) in [6.45, 7) is 24.6. The van der Waals surface area contributed by atoms with Crippen molar-refractivity contribution in [3.05, 3.63) is 132 Å². The molecule has 12 aromatic rings. The normalized spacial score (nSPS) is 14.1. The molecule has 21 nitrogen and oxygen atoms in total. The Labute approximate surface area is 537 Å². The summed E-state index contributed by atoms with van der Waals surface area (Å²) >= 11 is 0. The molecular weight excluding hydrogens is 1180 g/mol. The van der Waals surface area contributed by atoms with E-state index in [9.17, 15) is 14.4 Å². The predicted octanol–water partition coefficient (Wildman–Crippen LogP) is 13.0. The number of hydrogen-bond donors (Lipinski definition) is 3. The molecule has 0 spiro atoms. The summed E-state index contributed by atoms with van der Waals surface area (Å²) < 4.78 is 31.6. The van der Waals surface area contributed by atoms with E-state index < -0.39 is 11.9 Å². The zero-order valence-electron chi connectivity index (χ0n) is 54.4. The Morgan fingerprint density at radius 2 is 0.925 bits per heavy atom. The minimum atomic E-state index is -0.562. The molecule has 1 amide bonds. The minimum absolute atomic E-state index is 0.132. The first kappa shape index (κ1) is 62.9. The second-order valence-corrected chi connectivity index (χ2v) is 23.5. The van der Waals surface area contributed by atoms with E-state index in [4.69, 9.17) is 43.2 Å². The average molecular weight is 1250 g/mol. The lowest BCUT2D eigenvalue weighted by atomic mass is 9.96. The molecule has 0 radical (unpaired) electrons. The van der Waals surface area contributed by atoms with Crippen molar-refractivity contribution in [1.29, 1.82) is 0 Å². The number of aromatic nitrogens is 8. The number of fused-ring (bicyclic) bond motifs is 8. The second-order valence-electron chi connectivity index (χ2n) is 23.5. The number of carbonyl (C=O) groups excluding carboxylic acids is 3. The van der Waals surface area contributed by atoms with Gasteiger partial charge in [0.1, 0.15) is 46.0 Å². The Bertz CT molecular complexity index is 4760. The van der Waals surface area contributed by atoms with E-state index in [0.717, 1.165) is 205 Å². The van der Waals surface area contributed by atoms with Gasteiger partial charge in [0.2, 0.25) is 5.91 Å². The first-order valence-corrected chi connectivity index (χ1v) is 31.4. The van der Waals surface area contributed by atoms with Crippen LogP contribution < -0.4 is 24.6 Å². The van der Waals surface area contributed by atoms with Gasteiger partial charge in [0.05, 0.1) is 58.9 Å². The molecule has 21 heteroatoms. The van der Waals surface area contributed by atoms with Crippen molar-refractivity contribution < 1.29 is 42.4 Å². The van der Waals surface area contributed by atoms with Gasteiger partial charge in [0.15, 0.2) is 0 Å². The van der Waals surface area contributed by atoms with Gasteiger partial charge in [-0.05, 0) is 102 Å². The van der Waals surface area contributed by atoms with Crippen LogP contribution in [0.1, 0.15) is 68.2 Å². The van der Waals surface area contributed by atoms with Crippen molar-refractivity contribution in [3.8, 4) is 56.3 Å². The van der Waals surface area contributed by atoms with Crippen molar-refractivity contribution in [2.24, 2.45) is 0 Å². The van der Waals surface area contributed by atoms with E-state index >= 15 is 0 Å². The van der Waals surface area contributed by atoms with Crippen molar-refractivity contribution in [2.75, 3.05) is 89.6 Å². The second kappa shape index (κ2) is 26.9. The maximum atomic E-state index is 11.9. The van der Waals surface area contributed by atoms with E-state index in [2.05, 4.69) is 137 Å². The van der Waals surface area contributed by atoms with Crippen LogP contribution in [-0.4, -0.2) is 143 Å². The number of anilines is 2. The summed E-state index contributed by atoms with van der Waals surface area (Å²) in [6, 6.07) is 34.3. The first-order chi connectivity index (χ1) is 45.0. The van der Waals surface area contributed by atoms with Crippen LogP contribution in [0.5, 0.6) is 11.5 Å². The molecule has 478 valence electrons. The van der Waals surface area contributed by atoms with Gasteiger partial charge in [-0.25, -0.2) is 19.9 Å². The molecule has 6 aromatic carbocycles. The van der Waals surface area contributed by atoms with Crippen molar-refractivity contribution in [2.45, 2.75) is 75.2 Å². The number of nitrogens with one attached hydrogen (secondary N) is 3. The molecule has 0 bridgehead atoms. The van der Waals surface area contributed by atoms with E-state index in [0.29, 0.717) is 5.82 Å². The van der Waals surface area contributed by atoms with E-state index in [1.807, 2.05) is 46.4 Å². The SMILES string of the molecule is C1CCOC1.CC(=O)OC(C)=O.COc1cc2c(cc1-c1c(C)noc1C)[nH]c1nc(C)nc(-c3ccc(N4CCN(C(C)=O)CC4)c4ccccc34)c12.COc1cc2c(cc1-c1c(C)noc1C)[nH]c1nc(C)nc(-c3ccc(N4CCNCC4)c4ccccc34)c12. The highest BCUT2D eigenvalue weighted by Gasteiger charge is 2.27. The third-order valence-electron chi connectivity index (χ3n) is 17.3. The van der Waals surface area contributed by atoms with Crippen LogP contribution in [0, 0.1) is 41.5 Å². The predicted molar refractivity (Wildman–Crippen MR) is 363 cm³/mol. The number of carbonyl (C=O) groups is 3. The number of aromatic amines is 2. The van der Waals surface area contributed by atoms with Gasteiger partial charge in [-0.15, -0.1) is 0 Å². The summed E-state index contributed by atoms with van der Waals surface area (Å²) in [7, 11) is 3.38. The highest BCUT2D eigenvalue weighted by Crippen LogP contribution is 2.46. The zero-order chi connectivity index (χ0) is 65.2. The zero-order valence-corrected chi connectivity index (χ0v) is 54.4. The summed E-state index contributed by atoms with van der Waals surface area (Å²) in [6.07, 6.45) is 2.56. The fourth-order valence-corrected chi connectivity index (χ4v) is 13.1. The van der Waals surface area contributed by atoms with Gasteiger partial charge in [0.25, 0.3) is 0 Å². The number of methoxy groups -OCH3 is 2. The molecular formula is C72H76N12O9. The van der Waals surface area contributed by atoms with Gasteiger partial charge in [-0.3, -0.25) is 14.4 Å². The van der Waals surface area contributed by atoms with Crippen LogP contribution >= 0.6 is 0 Å². The fourth-order valence-electron chi connectivity index (χ4n) is 13.1. The topological polar surface area (TPSA) is 245 Å². The maximum Gasteiger partial charge on any atom is 0.310 e. The number of rotatable bonds is 8. The monoisotopic (exact) mass is 1250 g/mol. The summed E-state index contributed by atoms with van der Waals surface area (Å²) in [5, 5.41) is 20.4. The average Bonchev–Trinajstić information content (AvgIpc) is 1.72. The van der Waals surface area contributed by atoms with E-state index in [1.54, 1.807) is 21.1 Å². The molecule has 9 heterocycles. The largest absolute Gasteiger partial charge is 0.496 e. The quantitative estimate of drug-likeness (QED) is 0.0945. The van der Waals surface area contributed by atoms with Gasteiger partial charge < -0.3 is 58.0 Å².